The number of nitrogens with zero attached hydrogens (tertiary/aromatic N) is 2. The van der Waals surface area contributed by atoms with Gasteiger partial charge < -0.3 is 14.0 Å². The number of methoxy groups -OCH3 is 1. The van der Waals surface area contributed by atoms with Gasteiger partial charge in [0.05, 0.1) is 19.0 Å². The van der Waals surface area contributed by atoms with Crippen molar-refractivity contribution in [1.82, 2.24) is 5.16 Å². The second kappa shape index (κ2) is 7.53. The molecule has 25 heavy (non-hydrogen) atoms. The Bertz CT molecular complexity index is 818. The highest BCUT2D eigenvalue weighted by Crippen LogP contribution is 2.36. The van der Waals surface area contributed by atoms with Crippen LogP contribution >= 0.6 is 0 Å². The second-order valence-corrected chi connectivity index (χ2v) is 5.29. The van der Waals surface area contributed by atoms with E-state index < -0.39 is 6.09 Å². The molecule has 6 nitrogen and oxygen atoms in total. The van der Waals surface area contributed by atoms with Crippen LogP contribution in [0.1, 0.15) is 18.6 Å². The fourth-order valence-corrected chi connectivity index (χ4v) is 2.45. The average molecular weight is 338 g/mol. The molecule has 0 saturated heterocycles. The first-order valence-corrected chi connectivity index (χ1v) is 7.80. The summed E-state index contributed by atoms with van der Waals surface area (Å²) in [5.74, 6) is 0.774. The van der Waals surface area contributed by atoms with E-state index in [-0.39, 0.29) is 12.0 Å². The second-order valence-electron chi connectivity index (χ2n) is 5.29. The lowest BCUT2D eigenvalue weighted by Gasteiger charge is -2.23. The SMILES string of the molecule is COC(=O)N(c1ccno1)c1ccccc1OC(C)c1ccccc1. The van der Waals surface area contributed by atoms with Gasteiger partial charge in [0.15, 0.2) is 0 Å². The van der Waals surface area contributed by atoms with Gasteiger partial charge in [-0.15, -0.1) is 0 Å². The van der Waals surface area contributed by atoms with E-state index in [1.54, 1.807) is 18.2 Å². The summed E-state index contributed by atoms with van der Waals surface area (Å²) in [6.07, 6.45) is 0.665. The summed E-state index contributed by atoms with van der Waals surface area (Å²) in [6.45, 7) is 1.95. The highest BCUT2D eigenvalue weighted by molar-refractivity contribution is 5.96. The molecule has 0 radical (unpaired) electrons. The molecule has 1 heterocycles. The van der Waals surface area contributed by atoms with Crippen molar-refractivity contribution in [3.05, 3.63) is 72.4 Å². The minimum absolute atomic E-state index is 0.198. The van der Waals surface area contributed by atoms with Crippen LogP contribution in [0.3, 0.4) is 0 Å². The Balaban J connectivity index is 1.95. The molecule has 0 aliphatic carbocycles. The van der Waals surface area contributed by atoms with Gasteiger partial charge >= 0.3 is 6.09 Å². The van der Waals surface area contributed by atoms with E-state index in [1.165, 1.54) is 18.2 Å². The molecule has 6 heteroatoms. The van der Waals surface area contributed by atoms with Crippen molar-refractivity contribution in [2.24, 2.45) is 0 Å². The normalized spacial score (nSPS) is 11.6. The molecule has 2 aromatic carbocycles. The molecule has 1 aromatic heterocycles. The van der Waals surface area contributed by atoms with Gasteiger partial charge in [-0.2, -0.15) is 0 Å². The predicted octanol–water partition coefficient (Wildman–Crippen LogP) is 4.72. The molecule has 1 atom stereocenters. The van der Waals surface area contributed by atoms with Crippen LogP contribution in [0.5, 0.6) is 5.75 Å². The smallest absolute Gasteiger partial charge is 0.421 e. The van der Waals surface area contributed by atoms with Gasteiger partial charge in [-0.1, -0.05) is 47.6 Å². The third-order valence-electron chi connectivity index (χ3n) is 3.68. The van der Waals surface area contributed by atoms with Crippen LogP contribution in [0.2, 0.25) is 0 Å². The van der Waals surface area contributed by atoms with Crippen LogP contribution in [-0.4, -0.2) is 18.4 Å². The number of para-hydroxylation sites is 2. The molecule has 0 aliphatic rings. The highest BCUT2D eigenvalue weighted by Gasteiger charge is 2.25. The third kappa shape index (κ3) is 3.63. The molecule has 0 saturated carbocycles. The van der Waals surface area contributed by atoms with Crippen molar-refractivity contribution in [3.63, 3.8) is 0 Å². The molecule has 0 spiro atoms. The number of amides is 1. The maximum atomic E-state index is 12.3. The molecule has 3 aromatic rings. The summed E-state index contributed by atoms with van der Waals surface area (Å²) in [6, 6.07) is 18.6. The van der Waals surface area contributed by atoms with E-state index in [0.29, 0.717) is 11.4 Å². The molecule has 0 fully saturated rings. The van der Waals surface area contributed by atoms with E-state index in [0.717, 1.165) is 5.56 Å². The standard InChI is InChI=1S/C19H18N2O4/c1-14(15-8-4-3-5-9-15)24-17-11-7-6-10-16(17)21(19(22)23-2)18-12-13-20-25-18/h3-14H,1-2H3. The topological polar surface area (TPSA) is 64.8 Å². The molecule has 0 bridgehead atoms. The average Bonchev–Trinajstić information content (AvgIpc) is 3.18. The minimum atomic E-state index is -0.597. The Kier molecular flexibility index (Phi) is 4.99. The third-order valence-corrected chi connectivity index (χ3v) is 3.68. The number of benzene rings is 2. The lowest BCUT2D eigenvalue weighted by Crippen LogP contribution is -2.26. The largest absolute Gasteiger partial charge is 0.484 e. The molecular formula is C19H18N2O4. The van der Waals surface area contributed by atoms with Gasteiger partial charge in [0, 0.05) is 6.07 Å². The fourth-order valence-electron chi connectivity index (χ4n) is 2.45. The van der Waals surface area contributed by atoms with Crippen LogP contribution in [0.4, 0.5) is 16.4 Å². The Morgan fingerprint density at radius 2 is 1.80 bits per heavy atom. The summed E-state index contributed by atoms with van der Waals surface area (Å²) in [5, 5.41) is 3.66. The van der Waals surface area contributed by atoms with E-state index in [2.05, 4.69) is 5.16 Å². The van der Waals surface area contributed by atoms with E-state index in [9.17, 15) is 4.79 Å². The summed E-state index contributed by atoms with van der Waals surface area (Å²) in [5.41, 5.74) is 1.54. The lowest BCUT2D eigenvalue weighted by atomic mass is 10.1. The van der Waals surface area contributed by atoms with Crippen molar-refractivity contribution in [1.29, 1.82) is 0 Å². The van der Waals surface area contributed by atoms with Crippen molar-refractivity contribution in [2.45, 2.75) is 13.0 Å². The Labute approximate surface area is 145 Å². The maximum Gasteiger partial charge on any atom is 0.421 e. The van der Waals surface area contributed by atoms with Gasteiger partial charge in [-0.25, -0.2) is 9.69 Å². The van der Waals surface area contributed by atoms with Gasteiger partial charge in [-0.05, 0) is 24.6 Å². The number of hydrogen-bond acceptors (Lipinski definition) is 5. The Morgan fingerprint density at radius 3 is 2.48 bits per heavy atom. The van der Waals surface area contributed by atoms with E-state index >= 15 is 0 Å². The highest BCUT2D eigenvalue weighted by atomic mass is 16.6. The molecule has 3 rings (SSSR count). The van der Waals surface area contributed by atoms with Crippen LogP contribution in [0, 0.1) is 0 Å². The summed E-state index contributed by atoms with van der Waals surface area (Å²) >= 11 is 0. The zero-order chi connectivity index (χ0) is 17.6. The number of carbonyl (C=O) groups is 1. The number of carbonyl (C=O) groups excluding carboxylic acids is 1. The summed E-state index contributed by atoms with van der Waals surface area (Å²) in [7, 11) is 1.31. The van der Waals surface area contributed by atoms with E-state index in [1.807, 2.05) is 49.4 Å². The van der Waals surface area contributed by atoms with Crippen molar-refractivity contribution in [2.75, 3.05) is 12.0 Å². The fraction of sp³-hybridized carbons (Fsp3) is 0.158. The zero-order valence-corrected chi connectivity index (χ0v) is 14.0. The molecule has 1 amide bonds. The van der Waals surface area contributed by atoms with Crippen LogP contribution < -0.4 is 9.64 Å². The quantitative estimate of drug-likeness (QED) is 0.673. The minimum Gasteiger partial charge on any atom is -0.484 e. The Hall–Kier alpha value is -3.28. The maximum absolute atomic E-state index is 12.3. The van der Waals surface area contributed by atoms with E-state index in [4.69, 9.17) is 14.0 Å². The van der Waals surface area contributed by atoms with Gasteiger partial charge in [0.25, 0.3) is 0 Å². The van der Waals surface area contributed by atoms with Crippen LogP contribution in [0.15, 0.2) is 71.4 Å². The van der Waals surface area contributed by atoms with Crippen molar-refractivity contribution < 1.29 is 18.8 Å². The zero-order valence-electron chi connectivity index (χ0n) is 14.0. The van der Waals surface area contributed by atoms with Gasteiger partial charge in [0.1, 0.15) is 11.9 Å². The molecule has 0 N–H and O–H groups in total. The van der Waals surface area contributed by atoms with Crippen LogP contribution in [0.25, 0.3) is 0 Å². The molecule has 128 valence electrons. The monoisotopic (exact) mass is 338 g/mol. The van der Waals surface area contributed by atoms with Crippen LogP contribution in [-0.2, 0) is 4.74 Å². The van der Waals surface area contributed by atoms with Gasteiger partial charge in [0.2, 0.25) is 5.88 Å². The van der Waals surface area contributed by atoms with Crippen molar-refractivity contribution in [3.8, 4) is 5.75 Å². The summed E-state index contributed by atoms with van der Waals surface area (Å²) in [4.78, 5) is 13.6. The van der Waals surface area contributed by atoms with Crippen molar-refractivity contribution >= 4 is 17.7 Å². The predicted molar refractivity (Wildman–Crippen MR) is 93.0 cm³/mol. The first kappa shape index (κ1) is 16.6. The molecule has 0 aliphatic heterocycles. The Morgan fingerprint density at radius 1 is 1.08 bits per heavy atom. The first-order valence-electron chi connectivity index (χ1n) is 7.80. The number of hydrogen-bond donors (Lipinski definition) is 0. The summed E-state index contributed by atoms with van der Waals surface area (Å²) < 4.78 is 16.1. The number of ether oxygens (including phenoxy) is 2. The number of rotatable bonds is 5. The first-order chi connectivity index (χ1) is 12.2. The number of aromatic nitrogens is 1. The molecular weight excluding hydrogens is 320 g/mol. The number of anilines is 2. The van der Waals surface area contributed by atoms with Gasteiger partial charge in [-0.3, -0.25) is 0 Å². The molecule has 1 unspecified atom stereocenters. The lowest BCUT2D eigenvalue weighted by molar-refractivity contribution is 0.179.